The number of anilines is 1. The Balaban J connectivity index is 3.03. The summed E-state index contributed by atoms with van der Waals surface area (Å²) in [5.74, 6) is 0. The summed E-state index contributed by atoms with van der Waals surface area (Å²) in [4.78, 5) is 15.2. The van der Waals surface area contributed by atoms with Gasteiger partial charge in [0, 0.05) is 6.20 Å². The molecule has 62 valence electrons. The van der Waals surface area contributed by atoms with Crippen LogP contribution in [-0.4, -0.2) is 14.6 Å². The van der Waals surface area contributed by atoms with Crippen LogP contribution in [0.3, 0.4) is 0 Å². The third-order valence-corrected chi connectivity index (χ3v) is 2.11. The van der Waals surface area contributed by atoms with Crippen molar-refractivity contribution < 1.29 is 0 Å². The van der Waals surface area contributed by atoms with Crippen LogP contribution in [-0.2, 0) is 0 Å². The maximum absolute atomic E-state index is 11.3. The Morgan fingerprint density at radius 2 is 2.42 bits per heavy atom. The summed E-state index contributed by atoms with van der Waals surface area (Å²) in [5, 5.41) is 2.71. The summed E-state index contributed by atoms with van der Waals surface area (Å²) in [5.41, 5.74) is 5.74. The van der Waals surface area contributed by atoms with Crippen LogP contribution in [0.1, 0.15) is 0 Å². The third kappa shape index (κ3) is 0.845. The Morgan fingerprint density at radius 1 is 1.67 bits per heavy atom. The first-order valence-electron chi connectivity index (χ1n) is 3.20. The minimum atomic E-state index is -0.286. The largest absolute Gasteiger partial charge is 0.393 e. The standard InChI is InChI=1S/C6H5BrN4O/c7-3-1-10-11-5(3)9-2-4(8)6(11)12/h1-2,10H,8H2. The van der Waals surface area contributed by atoms with Gasteiger partial charge in [-0.1, -0.05) is 0 Å². The molecule has 6 heteroatoms. The maximum atomic E-state index is 11.3. The van der Waals surface area contributed by atoms with Crippen molar-refractivity contribution in [1.29, 1.82) is 0 Å². The van der Waals surface area contributed by atoms with Crippen molar-refractivity contribution in [1.82, 2.24) is 14.6 Å². The number of fused-ring (bicyclic) bond motifs is 1. The lowest BCUT2D eigenvalue weighted by Crippen LogP contribution is -2.18. The van der Waals surface area contributed by atoms with Crippen molar-refractivity contribution in [3.05, 3.63) is 27.2 Å². The van der Waals surface area contributed by atoms with E-state index in [0.29, 0.717) is 5.65 Å². The van der Waals surface area contributed by atoms with Gasteiger partial charge >= 0.3 is 0 Å². The summed E-state index contributed by atoms with van der Waals surface area (Å²) in [6, 6.07) is 0. The van der Waals surface area contributed by atoms with Crippen molar-refractivity contribution in [2.24, 2.45) is 0 Å². The van der Waals surface area contributed by atoms with E-state index in [1.165, 1.54) is 10.7 Å². The molecular formula is C6H5BrN4O. The molecule has 0 spiro atoms. The molecule has 0 saturated carbocycles. The highest BCUT2D eigenvalue weighted by molar-refractivity contribution is 9.10. The molecule has 0 aliphatic carbocycles. The topological polar surface area (TPSA) is 76.2 Å². The zero-order valence-electron chi connectivity index (χ0n) is 5.91. The predicted molar refractivity (Wildman–Crippen MR) is 47.9 cm³/mol. The lowest BCUT2D eigenvalue weighted by atomic mass is 10.5. The molecule has 0 saturated heterocycles. The van der Waals surface area contributed by atoms with Gasteiger partial charge in [0.05, 0.1) is 10.7 Å². The number of aromatic amines is 1. The Hall–Kier alpha value is -1.30. The van der Waals surface area contributed by atoms with E-state index in [2.05, 4.69) is 26.0 Å². The van der Waals surface area contributed by atoms with Crippen LogP contribution < -0.4 is 11.3 Å². The highest BCUT2D eigenvalue weighted by Crippen LogP contribution is 2.12. The number of rotatable bonds is 0. The number of H-pyrrole nitrogens is 1. The Bertz CT molecular complexity index is 486. The van der Waals surface area contributed by atoms with E-state index in [9.17, 15) is 4.79 Å². The fourth-order valence-electron chi connectivity index (χ4n) is 0.943. The number of halogens is 1. The summed E-state index contributed by atoms with van der Waals surface area (Å²) < 4.78 is 2.01. The van der Waals surface area contributed by atoms with Crippen LogP contribution in [0.4, 0.5) is 5.69 Å². The summed E-state index contributed by atoms with van der Waals surface area (Å²) >= 11 is 3.23. The second-order valence-electron chi connectivity index (χ2n) is 2.30. The normalized spacial score (nSPS) is 10.8. The number of nitrogens with two attached hydrogens (primary N) is 1. The molecule has 0 fully saturated rings. The SMILES string of the molecule is Nc1cnc2c(Br)c[nH]n2c1=O. The van der Waals surface area contributed by atoms with Gasteiger partial charge in [0.2, 0.25) is 0 Å². The van der Waals surface area contributed by atoms with Crippen LogP contribution in [0.15, 0.2) is 21.7 Å². The van der Waals surface area contributed by atoms with E-state index < -0.39 is 0 Å². The highest BCUT2D eigenvalue weighted by Gasteiger charge is 2.04. The number of nitrogens with one attached hydrogen (secondary N) is 1. The van der Waals surface area contributed by atoms with Crippen LogP contribution in [0, 0.1) is 0 Å². The van der Waals surface area contributed by atoms with E-state index in [1.807, 2.05) is 0 Å². The number of nitrogen functional groups attached to an aromatic ring is 1. The van der Waals surface area contributed by atoms with Gasteiger partial charge in [0.1, 0.15) is 5.69 Å². The van der Waals surface area contributed by atoms with E-state index in [0.717, 1.165) is 4.47 Å². The Labute approximate surface area is 75.3 Å². The molecule has 2 rings (SSSR count). The molecule has 3 N–H and O–H groups in total. The number of nitrogens with zero attached hydrogens (tertiary/aromatic N) is 2. The molecule has 0 radical (unpaired) electrons. The Kier molecular flexibility index (Phi) is 1.44. The number of hydrogen-bond acceptors (Lipinski definition) is 3. The van der Waals surface area contributed by atoms with E-state index in [1.54, 1.807) is 6.20 Å². The van der Waals surface area contributed by atoms with Gasteiger partial charge in [-0.25, -0.2) is 4.98 Å². The summed E-state index contributed by atoms with van der Waals surface area (Å²) in [6.07, 6.45) is 2.97. The highest BCUT2D eigenvalue weighted by atomic mass is 79.9. The van der Waals surface area contributed by atoms with Gasteiger partial charge in [-0.15, -0.1) is 0 Å². The van der Waals surface area contributed by atoms with Crippen molar-refractivity contribution in [2.75, 3.05) is 5.73 Å². The van der Waals surface area contributed by atoms with Gasteiger partial charge in [-0.2, -0.15) is 4.52 Å². The fourth-order valence-corrected chi connectivity index (χ4v) is 1.33. The average molecular weight is 229 g/mol. The lowest BCUT2D eigenvalue weighted by molar-refractivity contribution is 0.903. The van der Waals surface area contributed by atoms with Crippen molar-refractivity contribution in [3.63, 3.8) is 0 Å². The predicted octanol–water partition coefficient (Wildman–Crippen LogP) is 0.367. The van der Waals surface area contributed by atoms with Gasteiger partial charge < -0.3 is 5.73 Å². The van der Waals surface area contributed by atoms with Gasteiger partial charge in [0.15, 0.2) is 5.65 Å². The van der Waals surface area contributed by atoms with Gasteiger partial charge in [0.25, 0.3) is 5.56 Å². The van der Waals surface area contributed by atoms with E-state index >= 15 is 0 Å². The first kappa shape index (κ1) is 7.35. The molecule has 5 nitrogen and oxygen atoms in total. The molecular weight excluding hydrogens is 224 g/mol. The zero-order valence-corrected chi connectivity index (χ0v) is 7.50. The first-order valence-corrected chi connectivity index (χ1v) is 3.99. The fraction of sp³-hybridized carbons (Fsp3) is 0. The molecule has 0 aliphatic rings. The molecule has 0 aliphatic heterocycles. The molecule has 0 unspecified atom stereocenters. The van der Waals surface area contributed by atoms with E-state index in [4.69, 9.17) is 5.73 Å². The second-order valence-corrected chi connectivity index (χ2v) is 3.15. The van der Waals surface area contributed by atoms with Gasteiger partial charge in [-0.05, 0) is 15.9 Å². The minimum Gasteiger partial charge on any atom is -0.393 e. The average Bonchev–Trinajstić information content (AvgIpc) is 2.41. The lowest BCUT2D eigenvalue weighted by Gasteiger charge is -1.93. The monoisotopic (exact) mass is 228 g/mol. The van der Waals surface area contributed by atoms with Crippen LogP contribution in [0.5, 0.6) is 0 Å². The quantitative estimate of drug-likeness (QED) is 0.685. The maximum Gasteiger partial charge on any atom is 0.295 e. The molecule has 0 amide bonds. The van der Waals surface area contributed by atoms with Crippen LogP contribution in [0.2, 0.25) is 0 Å². The van der Waals surface area contributed by atoms with Gasteiger partial charge in [-0.3, -0.25) is 9.89 Å². The molecule has 0 aromatic carbocycles. The summed E-state index contributed by atoms with van der Waals surface area (Å²) in [6.45, 7) is 0. The molecule has 0 bridgehead atoms. The second kappa shape index (κ2) is 2.34. The molecule has 2 heterocycles. The molecule has 12 heavy (non-hydrogen) atoms. The Morgan fingerprint density at radius 3 is 3.17 bits per heavy atom. The summed E-state index contributed by atoms with van der Waals surface area (Å²) in [7, 11) is 0. The molecule has 0 atom stereocenters. The van der Waals surface area contributed by atoms with Crippen LogP contribution >= 0.6 is 15.9 Å². The van der Waals surface area contributed by atoms with Crippen molar-refractivity contribution >= 4 is 27.3 Å². The van der Waals surface area contributed by atoms with Crippen molar-refractivity contribution in [2.45, 2.75) is 0 Å². The van der Waals surface area contributed by atoms with Crippen LogP contribution in [0.25, 0.3) is 5.65 Å². The first-order chi connectivity index (χ1) is 5.70. The van der Waals surface area contributed by atoms with E-state index in [-0.39, 0.29) is 11.2 Å². The third-order valence-electron chi connectivity index (χ3n) is 1.52. The smallest absolute Gasteiger partial charge is 0.295 e. The molecule has 2 aromatic rings. The zero-order chi connectivity index (χ0) is 8.72. The molecule has 2 aromatic heterocycles. The number of aromatic nitrogens is 3. The minimum absolute atomic E-state index is 0.127. The van der Waals surface area contributed by atoms with Crippen molar-refractivity contribution in [3.8, 4) is 0 Å². The number of hydrogen-bond donors (Lipinski definition) is 2.